The second-order valence-corrected chi connectivity index (χ2v) is 9.87. The van der Waals surface area contributed by atoms with Gasteiger partial charge in [0.1, 0.15) is 23.2 Å². The van der Waals surface area contributed by atoms with Crippen LogP contribution in [0.15, 0.2) is 24.3 Å². The highest BCUT2D eigenvalue weighted by Crippen LogP contribution is 2.39. The standard InChI is InChI=1S/C26H34FN5O4/c1-15(21(16-7-8-16)14-29-25(33)36-26(2,3)4)30-24-22(27)9-17(13-28)23(32-24)31-18-10-19(34-5)12-20(11-18)35-6/h9-12,15-16,21H,7-8,14H2,1-6H3,(H,29,33)(H2,30,31,32)/t15-,21-/m1/s1. The Balaban J connectivity index is 1.78. The lowest BCUT2D eigenvalue weighted by molar-refractivity contribution is 0.0516. The quantitative estimate of drug-likeness (QED) is 0.408. The summed E-state index contributed by atoms with van der Waals surface area (Å²) in [6.07, 6.45) is 1.60. The lowest BCUT2D eigenvalue weighted by Gasteiger charge is -2.27. The van der Waals surface area contributed by atoms with Gasteiger partial charge in [0, 0.05) is 36.5 Å². The van der Waals surface area contributed by atoms with Crippen molar-refractivity contribution in [1.82, 2.24) is 10.3 Å². The third-order valence-corrected chi connectivity index (χ3v) is 5.83. The van der Waals surface area contributed by atoms with Crippen molar-refractivity contribution in [2.45, 2.75) is 52.2 Å². The molecule has 0 aliphatic heterocycles. The van der Waals surface area contributed by atoms with Crippen LogP contribution in [-0.2, 0) is 4.74 Å². The van der Waals surface area contributed by atoms with Gasteiger partial charge in [-0.1, -0.05) is 0 Å². The number of benzene rings is 1. The summed E-state index contributed by atoms with van der Waals surface area (Å²) in [5.74, 6) is 1.13. The van der Waals surface area contributed by atoms with Crippen LogP contribution in [0.1, 0.15) is 46.1 Å². The van der Waals surface area contributed by atoms with Crippen LogP contribution in [0.5, 0.6) is 11.5 Å². The molecule has 3 rings (SSSR count). The summed E-state index contributed by atoms with van der Waals surface area (Å²) in [5, 5.41) is 18.6. The number of aromatic nitrogens is 1. The zero-order valence-corrected chi connectivity index (χ0v) is 21.6. The van der Waals surface area contributed by atoms with E-state index in [9.17, 15) is 14.4 Å². The summed E-state index contributed by atoms with van der Waals surface area (Å²) in [6, 6.07) is 8.08. The molecule has 0 spiro atoms. The van der Waals surface area contributed by atoms with E-state index in [1.807, 2.05) is 33.8 Å². The number of nitriles is 1. The number of alkyl carbamates (subject to hydrolysis) is 1. The average Bonchev–Trinajstić information content (AvgIpc) is 3.64. The van der Waals surface area contributed by atoms with Crippen molar-refractivity contribution in [2.24, 2.45) is 11.8 Å². The number of ether oxygens (including phenoxy) is 3. The van der Waals surface area contributed by atoms with Gasteiger partial charge in [0.2, 0.25) is 0 Å². The first-order valence-electron chi connectivity index (χ1n) is 11.9. The van der Waals surface area contributed by atoms with Crippen LogP contribution in [0.2, 0.25) is 0 Å². The number of rotatable bonds is 10. The third-order valence-electron chi connectivity index (χ3n) is 5.83. The smallest absolute Gasteiger partial charge is 0.407 e. The Bertz CT molecular complexity index is 1100. The molecule has 0 bridgehead atoms. The van der Waals surface area contributed by atoms with Crippen molar-refractivity contribution in [3.8, 4) is 17.6 Å². The minimum Gasteiger partial charge on any atom is -0.497 e. The van der Waals surface area contributed by atoms with Crippen LogP contribution in [-0.4, -0.2) is 43.5 Å². The lowest BCUT2D eigenvalue weighted by Crippen LogP contribution is -2.40. The number of pyridine rings is 1. The molecule has 2 aromatic rings. The van der Waals surface area contributed by atoms with E-state index in [1.54, 1.807) is 18.2 Å². The van der Waals surface area contributed by atoms with Gasteiger partial charge >= 0.3 is 6.09 Å². The van der Waals surface area contributed by atoms with Crippen LogP contribution in [0.3, 0.4) is 0 Å². The maximum atomic E-state index is 14.9. The Morgan fingerprint density at radius 2 is 1.81 bits per heavy atom. The Morgan fingerprint density at radius 1 is 1.17 bits per heavy atom. The molecule has 1 aromatic carbocycles. The molecule has 36 heavy (non-hydrogen) atoms. The molecule has 1 aromatic heterocycles. The maximum absolute atomic E-state index is 14.9. The second-order valence-electron chi connectivity index (χ2n) is 9.87. The lowest BCUT2D eigenvalue weighted by atomic mass is 9.95. The molecule has 194 valence electrons. The van der Waals surface area contributed by atoms with Gasteiger partial charge in [-0.2, -0.15) is 5.26 Å². The zero-order chi connectivity index (χ0) is 26.5. The largest absolute Gasteiger partial charge is 0.497 e. The second kappa shape index (κ2) is 11.3. The molecule has 0 radical (unpaired) electrons. The van der Waals surface area contributed by atoms with Gasteiger partial charge in [-0.15, -0.1) is 0 Å². The Labute approximate surface area is 211 Å². The Kier molecular flexibility index (Phi) is 8.45. The first-order chi connectivity index (χ1) is 17.0. The molecule has 2 atom stereocenters. The molecule has 1 aliphatic rings. The monoisotopic (exact) mass is 499 g/mol. The molecule has 1 aliphatic carbocycles. The first-order valence-corrected chi connectivity index (χ1v) is 11.9. The molecule has 1 amide bonds. The van der Waals surface area contributed by atoms with Gasteiger partial charge in [0.25, 0.3) is 0 Å². The van der Waals surface area contributed by atoms with Crippen molar-refractivity contribution < 1.29 is 23.4 Å². The van der Waals surface area contributed by atoms with Gasteiger partial charge < -0.3 is 30.2 Å². The predicted molar refractivity (Wildman–Crippen MR) is 135 cm³/mol. The number of anilines is 3. The van der Waals surface area contributed by atoms with Gasteiger partial charge in [-0.05, 0) is 58.4 Å². The fraction of sp³-hybridized carbons (Fsp3) is 0.500. The number of nitrogens with one attached hydrogen (secondary N) is 3. The molecule has 3 N–H and O–H groups in total. The Morgan fingerprint density at radius 3 is 2.33 bits per heavy atom. The van der Waals surface area contributed by atoms with Crippen LogP contribution >= 0.6 is 0 Å². The van der Waals surface area contributed by atoms with Crippen molar-refractivity contribution in [1.29, 1.82) is 5.26 Å². The predicted octanol–water partition coefficient (Wildman–Crippen LogP) is 5.20. The summed E-state index contributed by atoms with van der Waals surface area (Å²) < 4.78 is 30.8. The minimum absolute atomic E-state index is 0.0155. The van der Waals surface area contributed by atoms with Crippen molar-refractivity contribution in [2.75, 3.05) is 31.4 Å². The highest BCUT2D eigenvalue weighted by molar-refractivity contribution is 5.68. The highest BCUT2D eigenvalue weighted by atomic mass is 19.1. The van der Waals surface area contributed by atoms with Crippen LogP contribution in [0.25, 0.3) is 0 Å². The van der Waals surface area contributed by atoms with E-state index in [2.05, 4.69) is 20.9 Å². The van der Waals surface area contributed by atoms with E-state index >= 15 is 0 Å². The number of hydrogen-bond donors (Lipinski definition) is 3. The van der Waals surface area contributed by atoms with Crippen molar-refractivity contribution in [3.05, 3.63) is 35.6 Å². The zero-order valence-electron chi connectivity index (χ0n) is 21.6. The van der Waals surface area contributed by atoms with Gasteiger partial charge in [-0.3, -0.25) is 0 Å². The number of methoxy groups -OCH3 is 2. The van der Waals surface area contributed by atoms with E-state index < -0.39 is 17.5 Å². The number of amides is 1. The van der Waals surface area contributed by atoms with Crippen molar-refractivity contribution in [3.63, 3.8) is 0 Å². The fourth-order valence-electron chi connectivity index (χ4n) is 3.90. The van der Waals surface area contributed by atoms with E-state index in [0.29, 0.717) is 29.6 Å². The van der Waals surface area contributed by atoms with Crippen molar-refractivity contribution >= 4 is 23.4 Å². The number of hydrogen-bond acceptors (Lipinski definition) is 8. The average molecular weight is 500 g/mol. The SMILES string of the molecule is COc1cc(Nc2nc(N[C@H](C)[C@@H](CNC(=O)OC(C)(C)C)C3CC3)c(F)cc2C#N)cc(OC)c1. The highest BCUT2D eigenvalue weighted by Gasteiger charge is 2.35. The number of halogens is 1. The normalized spacial score (nSPS) is 14.7. The third kappa shape index (κ3) is 7.38. The summed E-state index contributed by atoms with van der Waals surface area (Å²) in [5.41, 5.74) is 0.0328. The molecular weight excluding hydrogens is 465 g/mol. The van der Waals surface area contributed by atoms with Gasteiger partial charge in [-0.25, -0.2) is 14.2 Å². The number of carbonyl (C=O) groups excluding carboxylic acids is 1. The maximum Gasteiger partial charge on any atom is 0.407 e. The molecule has 1 heterocycles. The van der Waals surface area contributed by atoms with E-state index in [-0.39, 0.29) is 29.2 Å². The first kappa shape index (κ1) is 26.9. The number of nitrogens with zero attached hydrogens (tertiary/aromatic N) is 2. The minimum atomic E-state index is -0.637. The van der Waals surface area contributed by atoms with Crippen LogP contribution in [0, 0.1) is 29.0 Å². The van der Waals surface area contributed by atoms with Gasteiger partial charge in [0.15, 0.2) is 17.5 Å². The van der Waals surface area contributed by atoms with E-state index in [0.717, 1.165) is 18.9 Å². The molecule has 10 heteroatoms. The van der Waals surface area contributed by atoms with E-state index in [1.165, 1.54) is 14.2 Å². The van der Waals surface area contributed by atoms with Crippen LogP contribution in [0.4, 0.5) is 26.5 Å². The topological polar surface area (TPSA) is 118 Å². The molecule has 0 unspecified atom stereocenters. The fourth-order valence-corrected chi connectivity index (χ4v) is 3.90. The number of carbonyl (C=O) groups is 1. The summed E-state index contributed by atoms with van der Waals surface area (Å²) in [4.78, 5) is 16.5. The Hall–Kier alpha value is -3.74. The molecule has 9 nitrogen and oxygen atoms in total. The van der Waals surface area contributed by atoms with E-state index in [4.69, 9.17) is 14.2 Å². The molecule has 1 saturated carbocycles. The molecule has 0 saturated heterocycles. The molecular formula is C26H34FN5O4. The summed E-state index contributed by atoms with van der Waals surface area (Å²) >= 11 is 0. The van der Waals surface area contributed by atoms with Gasteiger partial charge in [0.05, 0.1) is 19.8 Å². The molecule has 1 fully saturated rings. The van der Waals surface area contributed by atoms with Crippen LogP contribution < -0.4 is 25.4 Å². The summed E-state index contributed by atoms with van der Waals surface area (Å²) in [6.45, 7) is 7.74. The summed E-state index contributed by atoms with van der Waals surface area (Å²) in [7, 11) is 3.07.